The summed E-state index contributed by atoms with van der Waals surface area (Å²) in [7, 11) is 1.22. The molecule has 0 unspecified atom stereocenters. The predicted molar refractivity (Wildman–Crippen MR) is 56.7 cm³/mol. The number of halogens is 3. The summed E-state index contributed by atoms with van der Waals surface area (Å²) < 4.78 is 48.6. The fraction of sp³-hybridized carbons (Fsp3) is 0.917. The molecule has 1 heterocycles. The van der Waals surface area contributed by atoms with Crippen LogP contribution in [-0.4, -0.2) is 31.5 Å². The van der Waals surface area contributed by atoms with Gasteiger partial charge in [-0.1, -0.05) is 0 Å². The maximum atomic E-state index is 12.8. The minimum Gasteiger partial charge on any atom is -0.469 e. The van der Waals surface area contributed by atoms with Crippen LogP contribution in [0.4, 0.5) is 13.2 Å². The smallest absolute Gasteiger partial charge is 0.391 e. The highest BCUT2D eigenvalue weighted by Crippen LogP contribution is 2.48. The molecule has 18 heavy (non-hydrogen) atoms. The van der Waals surface area contributed by atoms with E-state index in [0.717, 1.165) is 0 Å². The summed E-state index contributed by atoms with van der Waals surface area (Å²) in [6.07, 6.45) is -4.40. The van der Waals surface area contributed by atoms with Crippen molar-refractivity contribution in [2.24, 2.45) is 17.8 Å². The second kappa shape index (κ2) is 4.72. The SMILES string of the molecule is COC(=O)[C@H]1C[C@@H](C(F)(F)F)C[C@@H]2O[C@@H](C)C[C@@H]21. The van der Waals surface area contributed by atoms with Crippen LogP contribution in [0.2, 0.25) is 0 Å². The van der Waals surface area contributed by atoms with Crippen molar-refractivity contribution in [3.8, 4) is 0 Å². The lowest BCUT2D eigenvalue weighted by molar-refractivity contribution is -0.202. The van der Waals surface area contributed by atoms with Gasteiger partial charge in [-0.25, -0.2) is 0 Å². The summed E-state index contributed by atoms with van der Waals surface area (Å²) in [6.45, 7) is 1.83. The lowest BCUT2D eigenvalue weighted by Crippen LogP contribution is -2.42. The van der Waals surface area contributed by atoms with Gasteiger partial charge in [0.1, 0.15) is 0 Å². The number of hydrogen-bond acceptors (Lipinski definition) is 3. The molecule has 0 radical (unpaired) electrons. The Hall–Kier alpha value is -0.780. The Labute approximate surface area is 104 Å². The number of esters is 1. The third kappa shape index (κ3) is 2.48. The van der Waals surface area contributed by atoms with Crippen LogP contribution in [0.25, 0.3) is 0 Å². The van der Waals surface area contributed by atoms with Gasteiger partial charge in [0.05, 0.1) is 31.2 Å². The molecule has 0 amide bonds. The van der Waals surface area contributed by atoms with Crippen LogP contribution >= 0.6 is 0 Å². The third-order valence-corrected chi connectivity index (χ3v) is 4.03. The Morgan fingerprint density at radius 1 is 1.28 bits per heavy atom. The number of ether oxygens (including phenoxy) is 2. The molecule has 1 saturated heterocycles. The Bertz CT molecular complexity index is 329. The minimum atomic E-state index is -4.27. The van der Waals surface area contributed by atoms with Gasteiger partial charge in [-0.15, -0.1) is 0 Å². The first-order chi connectivity index (χ1) is 8.32. The number of rotatable bonds is 1. The zero-order valence-electron chi connectivity index (χ0n) is 10.4. The molecule has 1 saturated carbocycles. The average molecular weight is 266 g/mol. The Morgan fingerprint density at radius 2 is 1.94 bits per heavy atom. The second-order valence-corrected chi connectivity index (χ2v) is 5.22. The monoisotopic (exact) mass is 266 g/mol. The number of alkyl halides is 3. The van der Waals surface area contributed by atoms with Crippen LogP contribution in [-0.2, 0) is 14.3 Å². The predicted octanol–water partition coefficient (Wildman–Crippen LogP) is 2.54. The number of methoxy groups -OCH3 is 1. The van der Waals surface area contributed by atoms with E-state index in [2.05, 4.69) is 4.74 Å². The van der Waals surface area contributed by atoms with E-state index in [1.807, 2.05) is 6.92 Å². The minimum absolute atomic E-state index is 0.0357. The van der Waals surface area contributed by atoms with Crippen molar-refractivity contribution in [3.63, 3.8) is 0 Å². The van der Waals surface area contributed by atoms with Gasteiger partial charge in [-0.2, -0.15) is 13.2 Å². The number of fused-ring (bicyclic) bond motifs is 1. The molecule has 2 fully saturated rings. The van der Waals surface area contributed by atoms with Crippen LogP contribution in [0, 0.1) is 17.8 Å². The van der Waals surface area contributed by atoms with E-state index in [4.69, 9.17) is 4.74 Å². The number of hydrogen-bond donors (Lipinski definition) is 0. The molecule has 1 aliphatic heterocycles. The summed E-state index contributed by atoms with van der Waals surface area (Å²) in [5, 5.41) is 0. The molecular formula is C12H17F3O3. The van der Waals surface area contributed by atoms with Crippen molar-refractivity contribution in [1.82, 2.24) is 0 Å². The van der Waals surface area contributed by atoms with Crippen molar-refractivity contribution in [2.45, 2.75) is 44.6 Å². The molecule has 5 atom stereocenters. The molecule has 0 aromatic heterocycles. The standard InChI is InChI=1S/C12H17F3O3/c1-6-3-8-9(11(16)17-2)4-7(12(13,14)15)5-10(8)18-6/h6-10H,3-5H2,1-2H3/t6-,7+,8+,9-,10-/m0/s1. The van der Waals surface area contributed by atoms with E-state index in [-0.39, 0.29) is 24.9 Å². The van der Waals surface area contributed by atoms with Gasteiger partial charge in [0.15, 0.2) is 0 Å². The first-order valence-corrected chi connectivity index (χ1v) is 6.13. The highest BCUT2D eigenvalue weighted by Gasteiger charge is 2.53. The number of carbonyl (C=O) groups is 1. The van der Waals surface area contributed by atoms with Crippen LogP contribution in [0.15, 0.2) is 0 Å². The van der Waals surface area contributed by atoms with Crippen molar-refractivity contribution in [2.75, 3.05) is 7.11 Å². The molecule has 1 aliphatic carbocycles. The van der Waals surface area contributed by atoms with Gasteiger partial charge in [-0.3, -0.25) is 4.79 Å². The third-order valence-electron chi connectivity index (χ3n) is 4.03. The Balaban J connectivity index is 2.18. The quantitative estimate of drug-likeness (QED) is 0.684. The maximum Gasteiger partial charge on any atom is 0.391 e. The topological polar surface area (TPSA) is 35.5 Å². The van der Waals surface area contributed by atoms with Crippen LogP contribution in [0.3, 0.4) is 0 Å². The first kappa shape index (κ1) is 13.6. The fourth-order valence-corrected chi connectivity index (χ4v) is 3.19. The van der Waals surface area contributed by atoms with Crippen molar-refractivity contribution in [3.05, 3.63) is 0 Å². The van der Waals surface area contributed by atoms with E-state index in [0.29, 0.717) is 6.42 Å². The molecule has 2 aliphatic rings. The highest BCUT2D eigenvalue weighted by molar-refractivity contribution is 5.73. The summed E-state index contributed by atoms with van der Waals surface area (Å²) in [5.41, 5.74) is 0. The summed E-state index contributed by atoms with van der Waals surface area (Å²) >= 11 is 0. The van der Waals surface area contributed by atoms with Crippen LogP contribution in [0.1, 0.15) is 26.2 Å². The Kier molecular flexibility index (Phi) is 3.58. The van der Waals surface area contributed by atoms with E-state index in [9.17, 15) is 18.0 Å². The molecule has 6 heteroatoms. The van der Waals surface area contributed by atoms with Gasteiger partial charge in [-0.05, 0) is 26.2 Å². The first-order valence-electron chi connectivity index (χ1n) is 6.13. The van der Waals surface area contributed by atoms with Crippen LogP contribution in [0.5, 0.6) is 0 Å². The summed E-state index contributed by atoms with van der Waals surface area (Å²) in [4.78, 5) is 11.6. The van der Waals surface area contributed by atoms with Crippen molar-refractivity contribution >= 4 is 5.97 Å². The maximum absolute atomic E-state index is 12.8. The zero-order valence-corrected chi connectivity index (χ0v) is 10.4. The van der Waals surface area contributed by atoms with Crippen molar-refractivity contribution in [1.29, 1.82) is 0 Å². The van der Waals surface area contributed by atoms with Crippen LogP contribution < -0.4 is 0 Å². The molecule has 0 aromatic carbocycles. The fourth-order valence-electron chi connectivity index (χ4n) is 3.19. The normalized spacial score (nSPS) is 40.4. The van der Waals surface area contributed by atoms with Gasteiger partial charge in [0.2, 0.25) is 0 Å². The summed E-state index contributed by atoms with van der Waals surface area (Å²) in [6, 6.07) is 0. The second-order valence-electron chi connectivity index (χ2n) is 5.22. The van der Waals surface area contributed by atoms with Gasteiger partial charge < -0.3 is 9.47 Å². The highest BCUT2D eigenvalue weighted by atomic mass is 19.4. The van der Waals surface area contributed by atoms with E-state index in [1.165, 1.54) is 7.11 Å². The van der Waals surface area contributed by atoms with Gasteiger partial charge >= 0.3 is 12.1 Å². The molecule has 0 spiro atoms. The zero-order chi connectivity index (χ0) is 13.5. The summed E-state index contributed by atoms with van der Waals surface area (Å²) in [5.74, 6) is -2.83. The molecule has 3 nitrogen and oxygen atoms in total. The molecule has 0 N–H and O–H groups in total. The molecule has 2 rings (SSSR count). The van der Waals surface area contributed by atoms with E-state index >= 15 is 0 Å². The average Bonchev–Trinajstić information content (AvgIpc) is 2.65. The van der Waals surface area contributed by atoms with E-state index in [1.54, 1.807) is 0 Å². The molecule has 0 aromatic rings. The molecular weight excluding hydrogens is 249 g/mol. The lowest BCUT2D eigenvalue weighted by atomic mass is 9.71. The van der Waals surface area contributed by atoms with Crippen molar-refractivity contribution < 1.29 is 27.4 Å². The lowest BCUT2D eigenvalue weighted by Gasteiger charge is -2.36. The molecule has 0 bridgehead atoms. The van der Waals surface area contributed by atoms with Gasteiger partial charge in [0.25, 0.3) is 0 Å². The molecule has 104 valence electrons. The largest absolute Gasteiger partial charge is 0.469 e. The number of carbonyl (C=O) groups excluding carboxylic acids is 1. The van der Waals surface area contributed by atoms with E-state index < -0.39 is 30.1 Å². The van der Waals surface area contributed by atoms with Gasteiger partial charge in [0, 0.05) is 5.92 Å². The Morgan fingerprint density at radius 3 is 2.50 bits per heavy atom.